The maximum absolute atomic E-state index is 12.9. The van der Waals surface area contributed by atoms with Gasteiger partial charge >= 0.3 is 0 Å². The molecule has 0 radical (unpaired) electrons. The molecule has 0 aliphatic rings. The van der Waals surface area contributed by atoms with E-state index in [1.807, 2.05) is 0 Å². The van der Waals surface area contributed by atoms with E-state index >= 15 is 0 Å². The monoisotopic (exact) mass is 249 g/mol. The molecule has 0 spiro atoms. The van der Waals surface area contributed by atoms with E-state index in [9.17, 15) is 13.2 Å². The minimum atomic E-state index is -1.49. The molecule has 0 aromatic heterocycles. The molecule has 0 heterocycles. The number of methoxy groups -OCH3 is 2. The molecule has 1 atom stereocenters. The molecule has 17 heavy (non-hydrogen) atoms. The fraction of sp³-hybridized carbons (Fsp3) is 0.455. The third kappa shape index (κ3) is 3.34. The number of hydrogen-bond donors (Lipinski definition) is 1. The minimum Gasteiger partial charge on any atom is -0.377 e. The fourth-order valence-electron chi connectivity index (χ4n) is 1.47. The molecule has 1 N–H and O–H groups in total. The summed E-state index contributed by atoms with van der Waals surface area (Å²) in [6, 6.07) is 1.39. The summed E-state index contributed by atoms with van der Waals surface area (Å²) >= 11 is 0. The Morgan fingerprint density at radius 3 is 1.94 bits per heavy atom. The number of rotatable bonds is 5. The van der Waals surface area contributed by atoms with E-state index < -0.39 is 23.7 Å². The van der Waals surface area contributed by atoms with E-state index in [0.29, 0.717) is 0 Å². The molecule has 0 saturated carbocycles. The predicted molar refractivity (Wildman–Crippen MR) is 57.2 cm³/mol. The smallest absolute Gasteiger partial charge is 0.194 e. The second-order valence-electron chi connectivity index (χ2n) is 3.53. The predicted octanol–water partition coefficient (Wildman–Crippen LogP) is 2.52. The highest BCUT2D eigenvalue weighted by Gasteiger charge is 2.17. The lowest BCUT2D eigenvalue weighted by molar-refractivity contribution is -0.109. The zero-order valence-electron chi connectivity index (χ0n) is 9.76. The summed E-state index contributed by atoms with van der Waals surface area (Å²) in [7, 11) is 2.89. The van der Waals surface area contributed by atoms with E-state index in [1.165, 1.54) is 14.2 Å². The quantitative estimate of drug-likeness (QED) is 0.642. The van der Waals surface area contributed by atoms with Gasteiger partial charge in [0.05, 0.1) is 6.04 Å². The highest BCUT2D eigenvalue weighted by molar-refractivity contribution is 5.45. The Balaban J connectivity index is 2.81. The summed E-state index contributed by atoms with van der Waals surface area (Å²) in [6.07, 6.45) is -0.578. The number of ether oxygens (including phenoxy) is 2. The number of nitrogens with one attached hydrogen (secondary N) is 1. The van der Waals surface area contributed by atoms with Gasteiger partial charge in [-0.15, -0.1) is 0 Å². The first-order valence-corrected chi connectivity index (χ1v) is 4.96. The number of hydrogen-bond acceptors (Lipinski definition) is 3. The number of benzene rings is 1. The Morgan fingerprint density at radius 1 is 1.06 bits per heavy atom. The largest absolute Gasteiger partial charge is 0.377 e. The Hall–Kier alpha value is -1.27. The summed E-state index contributed by atoms with van der Waals surface area (Å²) in [6.45, 7) is 1.71. The van der Waals surface area contributed by atoms with Gasteiger partial charge in [-0.1, -0.05) is 0 Å². The minimum absolute atomic E-state index is 0.119. The van der Waals surface area contributed by atoms with Crippen molar-refractivity contribution in [2.24, 2.45) is 0 Å². The van der Waals surface area contributed by atoms with E-state index in [-0.39, 0.29) is 11.7 Å². The van der Waals surface area contributed by atoms with Crippen molar-refractivity contribution < 1.29 is 22.6 Å². The van der Waals surface area contributed by atoms with Gasteiger partial charge in [0.1, 0.15) is 0 Å². The van der Waals surface area contributed by atoms with Crippen LogP contribution in [0.25, 0.3) is 0 Å². The number of anilines is 1. The normalized spacial score (nSPS) is 12.9. The average Bonchev–Trinajstić information content (AvgIpc) is 2.27. The van der Waals surface area contributed by atoms with E-state index in [0.717, 1.165) is 12.1 Å². The van der Waals surface area contributed by atoms with Gasteiger partial charge in [0.15, 0.2) is 23.7 Å². The van der Waals surface area contributed by atoms with Crippen molar-refractivity contribution in [3.63, 3.8) is 0 Å². The molecule has 0 bridgehead atoms. The lowest BCUT2D eigenvalue weighted by Crippen LogP contribution is -2.33. The summed E-state index contributed by atoms with van der Waals surface area (Å²) in [5, 5.41) is 2.76. The highest BCUT2D eigenvalue weighted by Crippen LogP contribution is 2.18. The molecular weight excluding hydrogens is 235 g/mol. The zero-order valence-corrected chi connectivity index (χ0v) is 9.76. The summed E-state index contributed by atoms with van der Waals surface area (Å²) in [5.41, 5.74) is 0.119. The first-order chi connectivity index (χ1) is 7.99. The molecule has 1 aromatic rings. The van der Waals surface area contributed by atoms with Crippen LogP contribution in [0.5, 0.6) is 0 Å². The molecule has 1 rings (SSSR count). The van der Waals surface area contributed by atoms with Crippen LogP contribution in [0, 0.1) is 17.5 Å². The molecule has 96 valence electrons. The van der Waals surface area contributed by atoms with E-state index in [2.05, 4.69) is 5.32 Å². The Kier molecular flexibility index (Phi) is 4.77. The van der Waals surface area contributed by atoms with Crippen LogP contribution in [0.4, 0.5) is 18.9 Å². The molecule has 1 unspecified atom stereocenters. The molecule has 0 aliphatic carbocycles. The van der Waals surface area contributed by atoms with E-state index in [1.54, 1.807) is 6.92 Å². The summed E-state index contributed by atoms with van der Waals surface area (Å²) < 4.78 is 48.5. The summed E-state index contributed by atoms with van der Waals surface area (Å²) in [4.78, 5) is 0. The van der Waals surface area contributed by atoms with Crippen LogP contribution in [0.1, 0.15) is 6.92 Å². The Labute approximate surface area is 97.5 Å². The standard InChI is InChI=1S/C11H14F3NO2/c1-6(11(16-2)17-3)15-7-4-8(12)10(14)9(13)5-7/h4-6,11,15H,1-3H3. The Morgan fingerprint density at radius 2 is 1.53 bits per heavy atom. The zero-order chi connectivity index (χ0) is 13.0. The summed E-state index contributed by atoms with van der Waals surface area (Å²) in [5.74, 6) is -3.98. The van der Waals surface area contributed by atoms with Crippen LogP contribution >= 0.6 is 0 Å². The van der Waals surface area contributed by atoms with Gasteiger partial charge in [-0.3, -0.25) is 0 Å². The highest BCUT2D eigenvalue weighted by atomic mass is 19.2. The van der Waals surface area contributed by atoms with Crippen molar-refractivity contribution >= 4 is 5.69 Å². The molecule has 0 amide bonds. The van der Waals surface area contributed by atoms with Crippen LogP contribution < -0.4 is 5.32 Å². The maximum atomic E-state index is 12.9. The first kappa shape index (κ1) is 13.8. The van der Waals surface area contributed by atoms with Gasteiger partial charge in [-0.25, -0.2) is 13.2 Å². The number of halogens is 3. The topological polar surface area (TPSA) is 30.5 Å². The van der Waals surface area contributed by atoms with Gasteiger partial charge in [0.2, 0.25) is 0 Å². The molecule has 0 fully saturated rings. The van der Waals surface area contributed by atoms with Crippen LogP contribution in [0.3, 0.4) is 0 Å². The van der Waals surface area contributed by atoms with Crippen LogP contribution in [0.2, 0.25) is 0 Å². The van der Waals surface area contributed by atoms with Crippen molar-refractivity contribution in [2.45, 2.75) is 19.3 Å². The maximum Gasteiger partial charge on any atom is 0.194 e. The molecular formula is C11H14F3NO2. The van der Waals surface area contributed by atoms with Crippen molar-refractivity contribution in [1.29, 1.82) is 0 Å². The molecule has 0 aliphatic heterocycles. The Bertz CT molecular complexity index is 360. The van der Waals surface area contributed by atoms with Gasteiger partial charge in [0, 0.05) is 32.0 Å². The molecule has 0 saturated heterocycles. The van der Waals surface area contributed by atoms with Crippen LogP contribution in [-0.2, 0) is 9.47 Å². The second-order valence-corrected chi connectivity index (χ2v) is 3.53. The van der Waals surface area contributed by atoms with Crippen molar-refractivity contribution in [2.75, 3.05) is 19.5 Å². The van der Waals surface area contributed by atoms with Crippen LogP contribution in [-0.4, -0.2) is 26.6 Å². The molecule has 6 heteroatoms. The lowest BCUT2D eigenvalue weighted by Gasteiger charge is -2.23. The van der Waals surface area contributed by atoms with Crippen molar-refractivity contribution in [1.82, 2.24) is 0 Å². The first-order valence-electron chi connectivity index (χ1n) is 4.96. The van der Waals surface area contributed by atoms with Gasteiger partial charge < -0.3 is 14.8 Å². The molecule has 1 aromatic carbocycles. The van der Waals surface area contributed by atoms with Crippen molar-refractivity contribution in [3.8, 4) is 0 Å². The van der Waals surface area contributed by atoms with Crippen LogP contribution in [0.15, 0.2) is 12.1 Å². The second kappa shape index (κ2) is 5.88. The van der Waals surface area contributed by atoms with E-state index in [4.69, 9.17) is 9.47 Å². The fourth-order valence-corrected chi connectivity index (χ4v) is 1.47. The van der Waals surface area contributed by atoms with Gasteiger partial charge in [-0.05, 0) is 6.92 Å². The third-order valence-corrected chi connectivity index (χ3v) is 2.25. The van der Waals surface area contributed by atoms with Gasteiger partial charge in [0.25, 0.3) is 0 Å². The lowest BCUT2D eigenvalue weighted by atomic mass is 10.2. The molecule has 3 nitrogen and oxygen atoms in total. The van der Waals surface area contributed by atoms with Crippen molar-refractivity contribution in [3.05, 3.63) is 29.6 Å². The van der Waals surface area contributed by atoms with Gasteiger partial charge in [-0.2, -0.15) is 0 Å². The SMILES string of the molecule is COC(OC)C(C)Nc1cc(F)c(F)c(F)c1. The third-order valence-electron chi connectivity index (χ3n) is 2.25. The average molecular weight is 249 g/mol.